The predicted molar refractivity (Wildman–Crippen MR) is 86.3 cm³/mol. The van der Waals surface area contributed by atoms with E-state index in [4.69, 9.17) is 4.42 Å². The lowest BCUT2D eigenvalue weighted by molar-refractivity contribution is 0.359. The molecule has 4 rings (SSSR count). The molecule has 0 amide bonds. The summed E-state index contributed by atoms with van der Waals surface area (Å²) >= 11 is 0. The summed E-state index contributed by atoms with van der Waals surface area (Å²) in [5, 5.41) is 5.01. The average Bonchev–Trinajstić information content (AvgIpc) is 2.86. The molecule has 2 nitrogen and oxygen atoms in total. The van der Waals surface area contributed by atoms with E-state index in [9.17, 15) is 0 Å². The Morgan fingerprint density at radius 2 is 2.05 bits per heavy atom. The van der Waals surface area contributed by atoms with Gasteiger partial charge in [0, 0.05) is 5.39 Å². The van der Waals surface area contributed by atoms with Crippen LogP contribution in [0.2, 0.25) is 0 Å². The smallest absolute Gasteiger partial charge is 0.134 e. The van der Waals surface area contributed by atoms with Gasteiger partial charge in [0.2, 0.25) is 0 Å². The first kappa shape index (κ1) is 13.4. The summed E-state index contributed by atoms with van der Waals surface area (Å²) in [4.78, 5) is 0. The van der Waals surface area contributed by atoms with E-state index in [-0.39, 0.29) is 0 Å². The van der Waals surface area contributed by atoms with Gasteiger partial charge in [-0.1, -0.05) is 25.0 Å². The molecular formula is C19H25NO. The Labute approximate surface area is 126 Å². The third-order valence-corrected chi connectivity index (χ3v) is 5.47. The molecule has 0 bridgehead atoms. The third kappa shape index (κ3) is 2.30. The standard InChI is InChI=1S/C19H25NO/c1-3-9-20-19(18-14-5-4-6-15(14)18)17-11-13-10-12(2)7-8-16(13)21-17/h7-8,10-11,14-15,18-20H,3-6,9H2,1-2H3. The lowest BCUT2D eigenvalue weighted by Gasteiger charge is -2.18. The van der Waals surface area contributed by atoms with Gasteiger partial charge in [0.05, 0.1) is 6.04 Å². The first-order valence-corrected chi connectivity index (χ1v) is 8.51. The van der Waals surface area contributed by atoms with Gasteiger partial charge < -0.3 is 9.73 Å². The van der Waals surface area contributed by atoms with Crippen LogP contribution in [0.15, 0.2) is 28.7 Å². The largest absolute Gasteiger partial charge is 0.459 e. The molecule has 2 saturated carbocycles. The minimum Gasteiger partial charge on any atom is -0.459 e. The van der Waals surface area contributed by atoms with Gasteiger partial charge in [-0.15, -0.1) is 0 Å². The molecular weight excluding hydrogens is 258 g/mol. The van der Waals surface area contributed by atoms with Gasteiger partial charge in [0.15, 0.2) is 0 Å². The number of benzene rings is 1. The minimum absolute atomic E-state index is 0.424. The molecule has 112 valence electrons. The number of hydrogen-bond acceptors (Lipinski definition) is 2. The van der Waals surface area contributed by atoms with Gasteiger partial charge in [-0.25, -0.2) is 0 Å². The van der Waals surface area contributed by atoms with Gasteiger partial charge >= 0.3 is 0 Å². The quantitative estimate of drug-likeness (QED) is 0.850. The molecule has 2 heteroatoms. The molecule has 2 aliphatic rings. The lowest BCUT2D eigenvalue weighted by atomic mass is 10.0. The highest BCUT2D eigenvalue weighted by molar-refractivity contribution is 5.78. The molecule has 0 spiro atoms. The highest BCUT2D eigenvalue weighted by Crippen LogP contribution is 2.62. The monoisotopic (exact) mass is 283 g/mol. The molecule has 1 heterocycles. The highest BCUT2D eigenvalue weighted by atomic mass is 16.3. The number of aryl methyl sites for hydroxylation is 1. The van der Waals surface area contributed by atoms with Crippen molar-refractivity contribution in [2.45, 2.75) is 45.6 Å². The van der Waals surface area contributed by atoms with E-state index in [1.54, 1.807) is 0 Å². The maximum absolute atomic E-state index is 6.19. The second kappa shape index (κ2) is 5.17. The van der Waals surface area contributed by atoms with Gasteiger partial charge in [-0.3, -0.25) is 0 Å². The first-order chi connectivity index (χ1) is 10.3. The van der Waals surface area contributed by atoms with Crippen molar-refractivity contribution >= 4 is 11.0 Å². The molecule has 0 radical (unpaired) electrons. The second-order valence-corrected chi connectivity index (χ2v) is 6.96. The summed E-state index contributed by atoms with van der Waals surface area (Å²) in [6, 6.07) is 9.17. The van der Waals surface area contributed by atoms with Crippen LogP contribution in [-0.2, 0) is 0 Å². The fraction of sp³-hybridized carbons (Fsp3) is 0.579. The first-order valence-electron chi connectivity index (χ1n) is 8.51. The van der Waals surface area contributed by atoms with E-state index in [2.05, 4.69) is 43.4 Å². The minimum atomic E-state index is 0.424. The molecule has 1 N–H and O–H groups in total. The molecule has 2 aliphatic carbocycles. The SMILES string of the molecule is CCCNC(c1cc2cc(C)ccc2o1)C1C2CCCC21. The van der Waals surface area contributed by atoms with Crippen LogP contribution in [0.1, 0.15) is 50.0 Å². The fourth-order valence-corrected chi connectivity index (χ4v) is 4.43. The van der Waals surface area contributed by atoms with Crippen LogP contribution in [-0.4, -0.2) is 6.54 Å². The van der Waals surface area contributed by atoms with Gasteiger partial charge in [-0.2, -0.15) is 0 Å². The van der Waals surface area contributed by atoms with Crippen LogP contribution in [0.3, 0.4) is 0 Å². The zero-order valence-electron chi connectivity index (χ0n) is 13.1. The van der Waals surface area contributed by atoms with Crippen LogP contribution in [0.25, 0.3) is 11.0 Å². The molecule has 3 unspecified atom stereocenters. The topological polar surface area (TPSA) is 25.2 Å². The van der Waals surface area contributed by atoms with Crippen molar-refractivity contribution in [2.75, 3.05) is 6.54 Å². The molecule has 1 aromatic carbocycles. The van der Waals surface area contributed by atoms with Crippen molar-refractivity contribution in [1.82, 2.24) is 5.32 Å². The molecule has 3 atom stereocenters. The Balaban J connectivity index is 1.64. The van der Waals surface area contributed by atoms with Crippen molar-refractivity contribution < 1.29 is 4.42 Å². The zero-order chi connectivity index (χ0) is 14.4. The van der Waals surface area contributed by atoms with Gasteiger partial charge in [0.1, 0.15) is 11.3 Å². The normalized spacial score (nSPS) is 28.8. The zero-order valence-corrected chi connectivity index (χ0v) is 13.1. The summed E-state index contributed by atoms with van der Waals surface area (Å²) in [6.07, 6.45) is 5.47. The van der Waals surface area contributed by atoms with Crippen molar-refractivity contribution in [1.29, 1.82) is 0 Å². The van der Waals surface area contributed by atoms with Crippen LogP contribution in [0, 0.1) is 24.7 Å². The Kier molecular flexibility index (Phi) is 3.30. The number of rotatable bonds is 5. The lowest BCUT2D eigenvalue weighted by Crippen LogP contribution is -2.25. The third-order valence-electron chi connectivity index (χ3n) is 5.47. The van der Waals surface area contributed by atoms with Gasteiger partial charge in [0.25, 0.3) is 0 Å². The van der Waals surface area contributed by atoms with Crippen LogP contribution >= 0.6 is 0 Å². The van der Waals surface area contributed by atoms with Crippen molar-refractivity contribution in [3.8, 4) is 0 Å². The Morgan fingerprint density at radius 1 is 1.24 bits per heavy atom. The molecule has 2 fully saturated rings. The van der Waals surface area contributed by atoms with E-state index in [1.807, 2.05) is 0 Å². The molecule has 0 aliphatic heterocycles. The van der Waals surface area contributed by atoms with Crippen LogP contribution in [0.4, 0.5) is 0 Å². The average molecular weight is 283 g/mol. The summed E-state index contributed by atoms with van der Waals surface area (Å²) in [7, 11) is 0. The predicted octanol–water partition coefficient (Wildman–Crippen LogP) is 4.83. The van der Waals surface area contributed by atoms with E-state index < -0.39 is 0 Å². The second-order valence-electron chi connectivity index (χ2n) is 6.96. The van der Waals surface area contributed by atoms with Crippen molar-refractivity contribution in [3.05, 3.63) is 35.6 Å². The van der Waals surface area contributed by atoms with Crippen LogP contribution in [0.5, 0.6) is 0 Å². The Morgan fingerprint density at radius 3 is 2.81 bits per heavy atom. The van der Waals surface area contributed by atoms with E-state index in [0.717, 1.165) is 35.6 Å². The van der Waals surface area contributed by atoms with Crippen molar-refractivity contribution in [3.63, 3.8) is 0 Å². The Hall–Kier alpha value is -1.28. The van der Waals surface area contributed by atoms with Crippen LogP contribution < -0.4 is 5.32 Å². The summed E-state index contributed by atoms with van der Waals surface area (Å²) < 4.78 is 6.19. The summed E-state index contributed by atoms with van der Waals surface area (Å²) in [5.74, 6) is 3.87. The van der Waals surface area contributed by atoms with Gasteiger partial charge in [-0.05, 0) is 68.7 Å². The molecule has 21 heavy (non-hydrogen) atoms. The molecule has 1 aromatic heterocycles. The van der Waals surface area contributed by atoms with E-state index in [0.29, 0.717) is 6.04 Å². The van der Waals surface area contributed by atoms with E-state index in [1.165, 1.54) is 36.6 Å². The number of nitrogens with one attached hydrogen (secondary N) is 1. The molecule has 0 saturated heterocycles. The number of fused-ring (bicyclic) bond motifs is 2. The fourth-order valence-electron chi connectivity index (χ4n) is 4.43. The van der Waals surface area contributed by atoms with E-state index >= 15 is 0 Å². The number of furan rings is 1. The molecule has 2 aromatic rings. The summed E-state index contributed by atoms with van der Waals surface area (Å²) in [6.45, 7) is 5.46. The van der Waals surface area contributed by atoms with Crippen molar-refractivity contribution in [2.24, 2.45) is 17.8 Å². The Bertz CT molecular complexity index is 634. The highest BCUT2D eigenvalue weighted by Gasteiger charge is 2.56. The maximum atomic E-state index is 6.19. The number of hydrogen-bond donors (Lipinski definition) is 1. The maximum Gasteiger partial charge on any atom is 0.134 e. The summed E-state index contributed by atoms with van der Waals surface area (Å²) in [5.41, 5.74) is 2.33.